The van der Waals surface area contributed by atoms with Gasteiger partial charge in [-0.1, -0.05) is 96.5 Å². The van der Waals surface area contributed by atoms with Crippen LogP contribution in [0.2, 0.25) is 5.02 Å². The average Bonchev–Trinajstić information content (AvgIpc) is 2.95. The number of alkyl halides is 3. The standard InChI is InChI=1S/C34H33ClF3NO3/c1-24(42-29-16-8-10-25(20-29)21-32(40)41)18-19-39(22-28-15-9-17-31(33(28)35)34(36,37)38)23-30(26-11-4-2-5-12-26)27-13-6-3-7-14-27/h2-17,20,24,30H,18-19,21-23H2,1H3,(H,40,41)/t24-/m1/s1. The minimum absolute atomic E-state index is 0.0269. The zero-order chi connectivity index (χ0) is 30.1. The lowest BCUT2D eigenvalue weighted by atomic mass is 9.90. The van der Waals surface area contributed by atoms with Crippen molar-refractivity contribution in [2.45, 2.75) is 44.5 Å². The van der Waals surface area contributed by atoms with Crippen LogP contribution < -0.4 is 4.74 Å². The molecular formula is C34H33ClF3NO3. The fourth-order valence-electron chi connectivity index (χ4n) is 4.99. The van der Waals surface area contributed by atoms with E-state index >= 15 is 0 Å². The third kappa shape index (κ3) is 8.84. The molecule has 1 N–H and O–H groups in total. The minimum Gasteiger partial charge on any atom is -0.491 e. The van der Waals surface area contributed by atoms with Crippen LogP contribution in [0.15, 0.2) is 103 Å². The van der Waals surface area contributed by atoms with Gasteiger partial charge in [0.15, 0.2) is 0 Å². The van der Waals surface area contributed by atoms with E-state index in [1.54, 1.807) is 30.3 Å². The highest BCUT2D eigenvalue weighted by molar-refractivity contribution is 6.32. The maximum absolute atomic E-state index is 13.6. The van der Waals surface area contributed by atoms with Crippen molar-refractivity contribution in [3.05, 3.63) is 136 Å². The van der Waals surface area contributed by atoms with Crippen molar-refractivity contribution in [3.8, 4) is 5.75 Å². The Hall–Kier alpha value is -3.81. The van der Waals surface area contributed by atoms with Crippen molar-refractivity contribution in [2.24, 2.45) is 0 Å². The molecule has 0 spiro atoms. The summed E-state index contributed by atoms with van der Waals surface area (Å²) in [4.78, 5) is 13.2. The molecule has 0 aliphatic rings. The second-order valence-corrected chi connectivity index (χ2v) is 10.7. The van der Waals surface area contributed by atoms with E-state index < -0.39 is 17.7 Å². The third-order valence-electron chi connectivity index (χ3n) is 7.07. The van der Waals surface area contributed by atoms with Crippen molar-refractivity contribution >= 4 is 17.6 Å². The van der Waals surface area contributed by atoms with E-state index in [9.17, 15) is 18.0 Å². The van der Waals surface area contributed by atoms with Gasteiger partial charge in [0.1, 0.15) is 5.75 Å². The van der Waals surface area contributed by atoms with Crippen molar-refractivity contribution < 1.29 is 27.8 Å². The minimum atomic E-state index is -4.55. The molecule has 0 radical (unpaired) electrons. The van der Waals surface area contributed by atoms with E-state index in [1.807, 2.05) is 43.3 Å². The van der Waals surface area contributed by atoms with Crippen LogP contribution in [0.5, 0.6) is 5.75 Å². The first kappa shape index (κ1) is 31.1. The molecule has 220 valence electrons. The number of nitrogens with zero attached hydrogens (tertiary/aromatic N) is 1. The molecule has 0 saturated carbocycles. The maximum Gasteiger partial charge on any atom is 0.417 e. The van der Waals surface area contributed by atoms with Crippen LogP contribution in [0.25, 0.3) is 0 Å². The number of aliphatic carboxylic acids is 1. The first-order valence-corrected chi connectivity index (χ1v) is 14.1. The Bertz CT molecular complexity index is 1410. The second kappa shape index (κ2) is 14.4. The average molecular weight is 596 g/mol. The first-order chi connectivity index (χ1) is 20.1. The summed E-state index contributed by atoms with van der Waals surface area (Å²) < 4.78 is 47.0. The molecule has 4 nitrogen and oxygen atoms in total. The molecule has 0 bridgehead atoms. The summed E-state index contributed by atoms with van der Waals surface area (Å²) >= 11 is 6.32. The van der Waals surface area contributed by atoms with Crippen LogP contribution >= 0.6 is 11.6 Å². The van der Waals surface area contributed by atoms with Crippen LogP contribution in [-0.2, 0) is 23.9 Å². The number of carbonyl (C=O) groups is 1. The number of carboxylic acids is 1. The van der Waals surface area contributed by atoms with Gasteiger partial charge in [0.2, 0.25) is 0 Å². The van der Waals surface area contributed by atoms with Gasteiger partial charge in [-0.15, -0.1) is 0 Å². The van der Waals surface area contributed by atoms with E-state index in [4.69, 9.17) is 21.4 Å². The van der Waals surface area contributed by atoms with Gasteiger partial charge >= 0.3 is 12.1 Å². The molecule has 0 unspecified atom stereocenters. The van der Waals surface area contributed by atoms with E-state index in [2.05, 4.69) is 29.2 Å². The fourth-order valence-corrected chi connectivity index (χ4v) is 5.28. The van der Waals surface area contributed by atoms with Gasteiger partial charge in [0.05, 0.1) is 23.1 Å². The van der Waals surface area contributed by atoms with Gasteiger partial charge in [-0.2, -0.15) is 13.2 Å². The van der Waals surface area contributed by atoms with Gasteiger partial charge in [0.25, 0.3) is 0 Å². The Balaban J connectivity index is 1.58. The van der Waals surface area contributed by atoms with E-state index in [0.29, 0.717) is 36.4 Å². The van der Waals surface area contributed by atoms with Gasteiger partial charge in [-0.3, -0.25) is 9.69 Å². The largest absolute Gasteiger partial charge is 0.491 e. The molecule has 4 aromatic rings. The highest BCUT2D eigenvalue weighted by Gasteiger charge is 2.34. The number of carboxylic acid groups (broad SMARTS) is 1. The number of halogens is 4. The summed E-state index contributed by atoms with van der Waals surface area (Å²) in [6, 6.07) is 31.1. The summed E-state index contributed by atoms with van der Waals surface area (Å²) in [7, 11) is 0. The monoisotopic (exact) mass is 595 g/mol. The fraction of sp³-hybridized carbons (Fsp3) is 0.265. The molecule has 0 aliphatic heterocycles. The number of ether oxygens (including phenoxy) is 1. The van der Waals surface area contributed by atoms with Gasteiger partial charge in [0, 0.05) is 25.6 Å². The maximum atomic E-state index is 13.6. The quantitative estimate of drug-likeness (QED) is 0.168. The van der Waals surface area contributed by atoms with Crippen LogP contribution in [-0.4, -0.2) is 35.2 Å². The van der Waals surface area contributed by atoms with Crippen molar-refractivity contribution in [1.29, 1.82) is 0 Å². The molecule has 0 aromatic heterocycles. The van der Waals surface area contributed by atoms with Gasteiger partial charge in [-0.05, 0) is 53.8 Å². The second-order valence-electron chi connectivity index (χ2n) is 10.3. The number of hydrogen-bond acceptors (Lipinski definition) is 3. The molecule has 42 heavy (non-hydrogen) atoms. The first-order valence-electron chi connectivity index (χ1n) is 13.7. The highest BCUT2D eigenvalue weighted by atomic mass is 35.5. The molecule has 0 aliphatic carbocycles. The topological polar surface area (TPSA) is 49.8 Å². The summed E-state index contributed by atoms with van der Waals surface area (Å²) in [5.41, 5.74) is 2.40. The third-order valence-corrected chi connectivity index (χ3v) is 7.51. The Morgan fingerprint density at radius 1 is 0.905 bits per heavy atom. The lowest BCUT2D eigenvalue weighted by molar-refractivity contribution is -0.138. The Morgan fingerprint density at radius 3 is 2.12 bits per heavy atom. The number of rotatable bonds is 13. The smallest absolute Gasteiger partial charge is 0.417 e. The summed E-state index contributed by atoms with van der Waals surface area (Å²) in [5.74, 6) is -0.378. The molecule has 4 rings (SSSR count). The molecule has 0 fully saturated rings. The van der Waals surface area contributed by atoms with Crippen LogP contribution in [0, 0.1) is 0 Å². The SMILES string of the molecule is C[C@H](CCN(Cc1cccc(C(F)(F)F)c1Cl)CC(c1ccccc1)c1ccccc1)Oc1cccc(CC(=O)O)c1. The van der Waals surface area contributed by atoms with Crippen molar-refractivity contribution in [1.82, 2.24) is 4.90 Å². The normalized spacial score (nSPS) is 12.5. The molecule has 0 amide bonds. The Morgan fingerprint density at radius 2 is 1.52 bits per heavy atom. The van der Waals surface area contributed by atoms with Crippen LogP contribution in [0.4, 0.5) is 13.2 Å². The molecule has 0 heterocycles. The zero-order valence-corrected chi connectivity index (χ0v) is 24.0. The van der Waals surface area contributed by atoms with E-state index in [1.165, 1.54) is 6.07 Å². The predicted octanol–water partition coefficient (Wildman–Crippen LogP) is 8.48. The molecule has 4 aromatic carbocycles. The Labute approximate surface area is 249 Å². The van der Waals surface area contributed by atoms with Crippen LogP contribution in [0.1, 0.15) is 47.1 Å². The summed E-state index contributed by atoms with van der Waals surface area (Å²) in [6.07, 6.45) is -4.31. The van der Waals surface area contributed by atoms with Gasteiger partial charge < -0.3 is 9.84 Å². The van der Waals surface area contributed by atoms with Crippen molar-refractivity contribution in [2.75, 3.05) is 13.1 Å². The summed E-state index contributed by atoms with van der Waals surface area (Å²) in [5, 5.41) is 8.82. The van der Waals surface area contributed by atoms with Crippen LogP contribution in [0.3, 0.4) is 0 Å². The summed E-state index contributed by atoms with van der Waals surface area (Å²) in [6.45, 7) is 3.21. The highest BCUT2D eigenvalue weighted by Crippen LogP contribution is 2.37. The number of hydrogen-bond donors (Lipinski definition) is 1. The van der Waals surface area contributed by atoms with E-state index in [-0.39, 0.29) is 30.0 Å². The predicted molar refractivity (Wildman–Crippen MR) is 159 cm³/mol. The molecule has 0 saturated heterocycles. The molecular weight excluding hydrogens is 563 g/mol. The van der Waals surface area contributed by atoms with E-state index in [0.717, 1.165) is 17.2 Å². The number of benzene rings is 4. The Kier molecular flexibility index (Phi) is 10.7. The molecule has 1 atom stereocenters. The van der Waals surface area contributed by atoms with Crippen molar-refractivity contribution in [3.63, 3.8) is 0 Å². The zero-order valence-electron chi connectivity index (χ0n) is 23.2. The molecule has 8 heteroatoms. The lowest BCUT2D eigenvalue weighted by Gasteiger charge is -2.30. The lowest BCUT2D eigenvalue weighted by Crippen LogP contribution is -2.32. The van der Waals surface area contributed by atoms with Gasteiger partial charge in [-0.25, -0.2) is 0 Å².